The highest BCUT2D eigenvalue weighted by atomic mass is 32.1. The molecular formula is C28H27FN4O5S. The molecule has 1 aliphatic heterocycles. The molecule has 2 aromatic carbocycles. The first kappa shape index (κ1) is 26.4. The zero-order chi connectivity index (χ0) is 27.4. The van der Waals surface area contributed by atoms with E-state index in [0.717, 1.165) is 18.4 Å². The van der Waals surface area contributed by atoms with Crippen LogP contribution in [0.3, 0.4) is 0 Å². The number of aromatic nitrogens is 3. The number of hydrogen-bond acceptors (Lipinski definition) is 7. The fourth-order valence-corrected chi connectivity index (χ4v) is 5.48. The van der Waals surface area contributed by atoms with Crippen LogP contribution >= 0.6 is 11.3 Å². The molecule has 11 heteroatoms. The Morgan fingerprint density at radius 1 is 1.10 bits per heavy atom. The van der Waals surface area contributed by atoms with Crippen molar-refractivity contribution in [2.75, 3.05) is 13.2 Å². The average molecular weight is 551 g/mol. The predicted molar refractivity (Wildman–Crippen MR) is 144 cm³/mol. The highest BCUT2D eigenvalue weighted by Gasteiger charge is 2.34. The minimum Gasteiger partial charge on any atom is -0.461 e. The molecule has 1 amide bonds. The van der Waals surface area contributed by atoms with E-state index in [1.165, 1.54) is 35.6 Å². The van der Waals surface area contributed by atoms with E-state index in [1.54, 1.807) is 21.9 Å². The Morgan fingerprint density at radius 2 is 1.87 bits per heavy atom. The predicted octanol–water partition coefficient (Wildman–Crippen LogP) is 5.60. The molecule has 3 heterocycles. The van der Waals surface area contributed by atoms with Crippen molar-refractivity contribution in [3.05, 3.63) is 87.4 Å². The summed E-state index contributed by atoms with van der Waals surface area (Å²) in [4.78, 5) is 45.0. The third-order valence-corrected chi connectivity index (χ3v) is 7.31. The summed E-state index contributed by atoms with van der Waals surface area (Å²) in [6.45, 7) is 2.46. The van der Waals surface area contributed by atoms with Gasteiger partial charge in [0, 0.05) is 11.9 Å². The van der Waals surface area contributed by atoms with Gasteiger partial charge >= 0.3 is 12.1 Å². The summed E-state index contributed by atoms with van der Waals surface area (Å²) in [5.74, 6) is -1.01. The van der Waals surface area contributed by atoms with Crippen LogP contribution in [0.1, 0.15) is 48.4 Å². The SMILES string of the molecule is CCOC(=O)c1csc(-c2c(-c3ccc(F)cc3)c(=O)[nH]n2C2CCCCN2C(=O)OCc2ccccc2)n1. The van der Waals surface area contributed by atoms with Gasteiger partial charge in [-0.1, -0.05) is 42.5 Å². The number of carbonyl (C=O) groups is 2. The van der Waals surface area contributed by atoms with Gasteiger partial charge in [0.05, 0.1) is 12.2 Å². The van der Waals surface area contributed by atoms with Crippen molar-refractivity contribution in [2.45, 2.75) is 39.0 Å². The second kappa shape index (κ2) is 11.6. The Kier molecular flexibility index (Phi) is 7.87. The first-order valence-corrected chi connectivity index (χ1v) is 13.5. The van der Waals surface area contributed by atoms with Gasteiger partial charge in [-0.3, -0.25) is 19.5 Å². The average Bonchev–Trinajstić information content (AvgIpc) is 3.58. The number of benzene rings is 2. The van der Waals surface area contributed by atoms with E-state index < -0.39 is 29.6 Å². The molecule has 1 atom stereocenters. The first-order chi connectivity index (χ1) is 19.0. The number of likely N-dealkylation sites (tertiary alicyclic amines) is 1. The Balaban J connectivity index is 1.56. The number of nitrogens with one attached hydrogen (secondary N) is 1. The van der Waals surface area contributed by atoms with Crippen molar-refractivity contribution in [2.24, 2.45) is 0 Å². The lowest BCUT2D eigenvalue weighted by Gasteiger charge is -2.36. The number of thiazole rings is 1. The number of piperidine rings is 1. The second-order valence-corrected chi connectivity index (χ2v) is 9.87. The topological polar surface area (TPSA) is 107 Å². The fourth-order valence-electron chi connectivity index (χ4n) is 4.65. The van der Waals surface area contributed by atoms with E-state index in [2.05, 4.69) is 10.1 Å². The standard InChI is InChI=1S/C28H27FN4O5S/c1-2-37-27(35)21-17-39-26(30-21)24-23(19-11-13-20(29)14-12-19)25(34)31-33(24)22-10-6-7-15-32(22)28(36)38-16-18-8-4-3-5-9-18/h3-5,8-9,11-14,17,22H,2,6-7,10,15-16H2,1H3,(H,31,34). The van der Waals surface area contributed by atoms with Gasteiger partial charge in [-0.05, 0) is 49.4 Å². The van der Waals surface area contributed by atoms with E-state index in [-0.39, 0.29) is 24.5 Å². The number of nitrogens with zero attached hydrogens (tertiary/aromatic N) is 3. The summed E-state index contributed by atoms with van der Waals surface area (Å²) in [5.41, 5.74) is 1.70. The number of H-pyrrole nitrogens is 1. The lowest BCUT2D eigenvalue weighted by Crippen LogP contribution is -2.42. The van der Waals surface area contributed by atoms with Crippen molar-refractivity contribution in [3.8, 4) is 21.8 Å². The molecule has 0 radical (unpaired) electrons. The normalized spacial score (nSPS) is 15.2. The van der Waals surface area contributed by atoms with Crippen molar-refractivity contribution in [3.63, 3.8) is 0 Å². The molecular weight excluding hydrogens is 523 g/mol. The van der Waals surface area contributed by atoms with E-state index in [9.17, 15) is 18.8 Å². The van der Waals surface area contributed by atoms with Crippen LogP contribution in [0.5, 0.6) is 0 Å². The molecule has 0 saturated carbocycles. The molecule has 1 saturated heterocycles. The van der Waals surface area contributed by atoms with Gasteiger partial charge in [0.1, 0.15) is 29.3 Å². The van der Waals surface area contributed by atoms with Crippen LogP contribution in [0.15, 0.2) is 64.8 Å². The summed E-state index contributed by atoms with van der Waals surface area (Å²) < 4.78 is 26.0. The van der Waals surface area contributed by atoms with Gasteiger partial charge in [0.25, 0.3) is 5.56 Å². The molecule has 5 rings (SSSR count). The largest absolute Gasteiger partial charge is 0.461 e. The van der Waals surface area contributed by atoms with Gasteiger partial charge in [0.15, 0.2) is 5.69 Å². The first-order valence-electron chi connectivity index (χ1n) is 12.7. The van der Waals surface area contributed by atoms with Crippen LogP contribution in [0.25, 0.3) is 21.8 Å². The maximum Gasteiger partial charge on any atom is 0.411 e. The van der Waals surface area contributed by atoms with E-state index in [4.69, 9.17) is 9.47 Å². The van der Waals surface area contributed by atoms with Gasteiger partial charge in [-0.25, -0.2) is 19.0 Å². The van der Waals surface area contributed by atoms with Gasteiger partial charge in [0.2, 0.25) is 0 Å². The molecule has 0 aliphatic carbocycles. The summed E-state index contributed by atoms with van der Waals surface area (Å²) in [6.07, 6.45) is 1.11. The van der Waals surface area contributed by atoms with Crippen molar-refractivity contribution in [1.29, 1.82) is 0 Å². The highest BCUT2D eigenvalue weighted by molar-refractivity contribution is 7.13. The van der Waals surface area contributed by atoms with Crippen LogP contribution in [0, 0.1) is 5.82 Å². The summed E-state index contributed by atoms with van der Waals surface area (Å²) in [5, 5.41) is 4.84. The molecule has 1 fully saturated rings. The monoisotopic (exact) mass is 550 g/mol. The zero-order valence-corrected chi connectivity index (χ0v) is 22.1. The number of halogens is 1. The summed E-state index contributed by atoms with van der Waals surface area (Å²) in [7, 11) is 0. The maximum absolute atomic E-state index is 13.7. The maximum atomic E-state index is 13.7. The number of carbonyl (C=O) groups excluding carboxylic acids is 2. The van der Waals surface area contributed by atoms with Crippen molar-refractivity contribution < 1.29 is 23.5 Å². The molecule has 0 spiro atoms. The van der Waals surface area contributed by atoms with Crippen molar-refractivity contribution >= 4 is 23.4 Å². The Labute approximate surface area is 227 Å². The van der Waals surface area contributed by atoms with Gasteiger partial charge in [-0.15, -0.1) is 11.3 Å². The molecule has 202 valence electrons. The molecule has 4 aromatic rings. The minimum atomic E-state index is -0.573. The molecule has 1 aliphatic rings. The third kappa shape index (κ3) is 5.63. The molecule has 0 bridgehead atoms. The lowest BCUT2D eigenvalue weighted by molar-refractivity contribution is 0.0444. The zero-order valence-electron chi connectivity index (χ0n) is 21.3. The second-order valence-electron chi connectivity index (χ2n) is 9.01. The van der Waals surface area contributed by atoms with Crippen LogP contribution in [0.4, 0.5) is 9.18 Å². The number of esters is 1. The highest BCUT2D eigenvalue weighted by Crippen LogP contribution is 2.37. The molecule has 9 nitrogen and oxygen atoms in total. The number of aromatic amines is 1. The van der Waals surface area contributed by atoms with Crippen LogP contribution in [-0.2, 0) is 16.1 Å². The lowest BCUT2D eigenvalue weighted by atomic mass is 10.0. The number of rotatable bonds is 7. The van der Waals surface area contributed by atoms with E-state index in [0.29, 0.717) is 29.2 Å². The van der Waals surface area contributed by atoms with Crippen molar-refractivity contribution in [1.82, 2.24) is 19.7 Å². The Hall–Kier alpha value is -4.25. The summed E-state index contributed by atoms with van der Waals surface area (Å²) >= 11 is 1.18. The number of amides is 1. The van der Waals surface area contributed by atoms with Gasteiger partial charge < -0.3 is 9.47 Å². The summed E-state index contributed by atoms with van der Waals surface area (Å²) in [6, 6.07) is 15.0. The molecule has 1 N–H and O–H groups in total. The third-order valence-electron chi connectivity index (χ3n) is 6.46. The van der Waals surface area contributed by atoms with Gasteiger partial charge in [-0.2, -0.15) is 0 Å². The van der Waals surface area contributed by atoms with Crippen LogP contribution in [0.2, 0.25) is 0 Å². The van der Waals surface area contributed by atoms with Crippen LogP contribution in [-0.4, -0.2) is 44.9 Å². The van der Waals surface area contributed by atoms with E-state index >= 15 is 0 Å². The molecule has 2 aromatic heterocycles. The quantitative estimate of drug-likeness (QED) is 0.300. The minimum absolute atomic E-state index is 0.116. The molecule has 1 unspecified atom stereocenters. The smallest absolute Gasteiger partial charge is 0.411 e. The number of ether oxygens (including phenoxy) is 2. The Morgan fingerprint density at radius 3 is 2.62 bits per heavy atom. The van der Waals surface area contributed by atoms with E-state index in [1.807, 2.05) is 30.3 Å². The molecule has 39 heavy (non-hydrogen) atoms. The fraction of sp³-hybridized carbons (Fsp3) is 0.286. The Bertz CT molecular complexity index is 1510. The number of hydrogen-bond donors (Lipinski definition) is 1. The van der Waals surface area contributed by atoms with Crippen LogP contribution < -0.4 is 5.56 Å².